The number of furan rings is 1. The highest BCUT2D eigenvalue weighted by molar-refractivity contribution is 5.43. The summed E-state index contributed by atoms with van der Waals surface area (Å²) in [6.45, 7) is 9.36. The van der Waals surface area contributed by atoms with Gasteiger partial charge in [-0.25, -0.2) is 0 Å². The maximum Gasteiger partial charge on any atom is 0.433 e. The number of hydrogen-bond donors (Lipinski definition) is 0. The molecular formula is C12H19N2O3+. The summed E-state index contributed by atoms with van der Waals surface area (Å²) in [4.78, 5) is 9.94. The zero-order valence-electron chi connectivity index (χ0n) is 10.5. The summed E-state index contributed by atoms with van der Waals surface area (Å²) in [6, 6.07) is 2.99. The number of hydrogen-bond acceptors (Lipinski definition) is 3. The van der Waals surface area contributed by atoms with Crippen LogP contribution in [0.3, 0.4) is 0 Å². The first-order valence-corrected chi connectivity index (χ1v) is 5.86. The topological polar surface area (TPSA) is 56.3 Å². The highest BCUT2D eigenvalue weighted by atomic mass is 16.6. The molecule has 0 radical (unpaired) electrons. The Labute approximate surface area is 101 Å². The van der Waals surface area contributed by atoms with Gasteiger partial charge in [0.25, 0.3) is 0 Å². The Morgan fingerprint density at radius 1 is 1.29 bits per heavy atom. The molecule has 0 fully saturated rings. The number of rotatable bonds is 6. The Balaban J connectivity index is 2.84. The van der Waals surface area contributed by atoms with E-state index in [1.165, 1.54) is 6.07 Å². The van der Waals surface area contributed by atoms with Gasteiger partial charge in [0, 0.05) is 6.08 Å². The monoisotopic (exact) mass is 239 g/mol. The molecule has 0 atom stereocenters. The molecule has 0 bridgehead atoms. The fraction of sp³-hybridized carbons (Fsp3) is 0.500. The number of nitro groups is 1. The van der Waals surface area contributed by atoms with Crippen LogP contribution in [0.15, 0.2) is 22.7 Å². The summed E-state index contributed by atoms with van der Waals surface area (Å²) in [5.74, 6) is 0.307. The average Bonchev–Trinajstić information content (AvgIpc) is 2.81. The molecule has 0 aliphatic carbocycles. The van der Waals surface area contributed by atoms with E-state index in [2.05, 4.69) is 20.8 Å². The van der Waals surface area contributed by atoms with Crippen molar-refractivity contribution >= 4 is 12.0 Å². The van der Waals surface area contributed by atoms with Gasteiger partial charge in [-0.15, -0.1) is 0 Å². The van der Waals surface area contributed by atoms with Crippen molar-refractivity contribution in [2.45, 2.75) is 20.8 Å². The summed E-state index contributed by atoms with van der Waals surface area (Å²) >= 11 is 0. The van der Waals surface area contributed by atoms with E-state index in [1.807, 2.05) is 12.3 Å². The molecule has 1 aromatic rings. The lowest BCUT2D eigenvalue weighted by atomic mass is 10.3. The lowest BCUT2D eigenvalue weighted by Gasteiger charge is -2.31. The second-order valence-electron chi connectivity index (χ2n) is 3.92. The Kier molecular flexibility index (Phi) is 4.45. The Bertz CT molecular complexity index is 397. The molecule has 1 rings (SSSR count). The van der Waals surface area contributed by atoms with Crippen LogP contribution in [-0.4, -0.2) is 29.0 Å². The van der Waals surface area contributed by atoms with Crippen LogP contribution < -0.4 is 0 Å². The van der Waals surface area contributed by atoms with Gasteiger partial charge in [0.05, 0.1) is 31.9 Å². The highest BCUT2D eigenvalue weighted by Gasteiger charge is 2.17. The van der Waals surface area contributed by atoms with Crippen molar-refractivity contribution in [2.75, 3.05) is 19.6 Å². The molecule has 94 valence electrons. The Hall–Kier alpha value is -1.62. The van der Waals surface area contributed by atoms with Crippen molar-refractivity contribution in [3.63, 3.8) is 0 Å². The van der Waals surface area contributed by atoms with Crippen molar-refractivity contribution in [3.8, 4) is 0 Å². The molecule has 0 amide bonds. The van der Waals surface area contributed by atoms with Crippen LogP contribution in [0.1, 0.15) is 26.5 Å². The van der Waals surface area contributed by atoms with E-state index < -0.39 is 4.92 Å². The maximum absolute atomic E-state index is 10.5. The smallest absolute Gasteiger partial charge is 0.401 e. The van der Waals surface area contributed by atoms with Gasteiger partial charge in [0.1, 0.15) is 10.7 Å². The predicted molar refractivity (Wildman–Crippen MR) is 66.3 cm³/mol. The number of nitrogens with zero attached hydrogens (tertiary/aromatic N) is 2. The van der Waals surface area contributed by atoms with Crippen molar-refractivity contribution in [1.29, 1.82) is 0 Å². The van der Waals surface area contributed by atoms with E-state index in [0.717, 1.165) is 24.1 Å². The van der Waals surface area contributed by atoms with Crippen LogP contribution >= 0.6 is 0 Å². The summed E-state index contributed by atoms with van der Waals surface area (Å²) in [5.41, 5.74) is 0. The summed E-state index contributed by atoms with van der Waals surface area (Å²) in [5, 5.41) is 10.5. The number of quaternary nitrogens is 1. The molecule has 0 aromatic carbocycles. The molecule has 0 aliphatic rings. The van der Waals surface area contributed by atoms with E-state index >= 15 is 0 Å². The van der Waals surface area contributed by atoms with Crippen LogP contribution in [0.5, 0.6) is 0 Å². The highest BCUT2D eigenvalue weighted by Crippen LogP contribution is 2.18. The van der Waals surface area contributed by atoms with Gasteiger partial charge in [0.15, 0.2) is 0 Å². The molecule has 0 saturated heterocycles. The second-order valence-corrected chi connectivity index (χ2v) is 3.92. The third kappa shape index (κ3) is 3.17. The zero-order valence-corrected chi connectivity index (χ0v) is 10.5. The molecule has 5 heteroatoms. The summed E-state index contributed by atoms with van der Waals surface area (Å²) in [6.07, 6.45) is 3.85. The first-order chi connectivity index (χ1) is 8.06. The molecule has 1 heterocycles. The summed E-state index contributed by atoms with van der Waals surface area (Å²) < 4.78 is 5.92. The molecule has 0 unspecified atom stereocenters. The van der Waals surface area contributed by atoms with Crippen molar-refractivity contribution in [3.05, 3.63) is 34.2 Å². The van der Waals surface area contributed by atoms with E-state index in [9.17, 15) is 10.1 Å². The van der Waals surface area contributed by atoms with Crippen LogP contribution in [0.25, 0.3) is 6.08 Å². The molecule has 0 saturated carbocycles. The first-order valence-electron chi connectivity index (χ1n) is 5.86. The van der Waals surface area contributed by atoms with E-state index in [0.29, 0.717) is 5.76 Å². The third-order valence-electron chi connectivity index (χ3n) is 3.24. The maximum atomic E-state index is 10.5. The van der Waals surface area contributed by atoms with Gasteiger partial charge in [-0.05, 0) is 26.8 Å². The van der Waals surface area contributed by atoms with Gasteiger partial charge < -0.3 is 4.42 Å². The molecular weight excluding hydrogens is 220 g/mol. The molecule has 0 aliphatic heterocycles. The molecule has 0 spiro atoms. The standard InChI is InChI=1S/C12H19N2O3/c1-4-14(5-2,6-3)10-9-11-7-8-12(17-11)13(15)16/h7-10H,4-6H2,1-3H3/q+1/b10-9+. The first kappa shape index (κ1) is 13.4. The normalized spacial score (nSPS) is 12.2. The van der Waals surface area contributed by atoms with E-state index in [1.54, 1.807) is 6.07 Å². The van der Waals surface area contributed by atoms with Crippen LogP contribution in [0.2, 0.25) is 0 Å². The van der Waals surface area contributed by atoms with Gasteiger partial charge >= 0.3 is 5.88 Å². The van der Waals surface area contributed by atoms with Crippen LogP contribution in [0.4, 0.5) is 5.88 Å². The van der Waals surface area contributed by atoms with Crippen LogP contribution in [-0.2, 0) is 0 Å². The quantitative estimate of drug-likeness (QED) is 0.435. The van der Waals surface area contributed by atoms with Crippen molar-refractivity contribution in [1.82, 2.24) is 0 Å². The van der Waals surface area contributed by atoms with E-state index in [-0.39, 0.29) is 5.88 Å². The molecule has 5 nitrogen and oxygen atoms in total. The Morgan fingerprint density at radius 3 is 2.29 bits per heavy atom. The van der Waals surface area contributed by atoms with Crippen molar-refractivity contribution in [2.24, 2.45) is 0 Å². The fourth-order valence-electron chi connectivity index (χ4n) is 1.75. The van der Waals surface area contributed by atoms with Gasteiger partial charge in [0.2, 0.25) is 0 Å². The second kappa shape index (κ2) is 5.63. The minimum absolute atomic E-state index is 0.216. The van der Waals surface area contributed by atoms with Crippen LogP contribution in [0, 0.1) is 10.1 Å². The minimum Gasteiger partial charge on any atom is -0.401 e. The van der Waals surface area contributed by atoms with Gasteiger partial charge in [-0.3, -0.25) is 14.6 Å². The SMILES string of the molecule is CC[N+](/C=C/c1ccc([N+](=O)[O-])o1)(CC)CC. The fourth-order valence-corrected chi connectivity index (χ4v) is 1.75. The lowest BCUT2D eigenvalue weighted by Crippen LogP contribution is -2.41. The van der Waals surface area contributed by atoms with Gasteiger partial charge in [-0.2, -0.15) is 0 Å². The lowest BCUT2D eigenvalue weighted by molar-refractivity contribution is -0.873. The minimum atomic E-state index is -0.529. The Morgan fingerprint density at radius 2 is 1.88 bits per heavy atom. The largest absolute Gasteiger partial charge is 0.433 e. The zero-order chi connectivity index (χ0) is 12.9. The molecule has 17 heavy (non-hydrogen) atoms. The van der Waals surface area contributed by atoms with E-state index in [4.69, 9.17) is 4.42 Å². The predicted octanol–water partition coefficient (Wildman–Crippen LogP) is 3.04. The third-order valence-corrected chi connectivity index (χ3v) is 3.24. The van der Waals surface area contributed by atoms with Crippen molar-refractivity contribution < 1.29 is 13.8 Å². The average molecular weight is 239 g/mol. The molecule has 0 N–H and O–H groups in total. The molecule has 1 aromatic heterocycles. The summed E-state index contributed by atoms with van der Waals surface area (Å²) in [7, 11) is 0. The van der Waals surface area contributed by atoms with Gasteiger partial charge in [-0.1, -0.05) is 0 Å².